The van der Waals surface area contributed by atoms with Gasteiger partial charge in [-0.05, 0) is 40.2 Å². The third kappa shape index (κ3) is 3.17. The zero-order chi connectivity index (χ0) is 13.8. The van der Waals surface area contributed by atoms with Gasteiger partial charge in [0.15, 0.2) is 0 Å². The Balaban J connectivity index is 2.36. The number of benzene rings is 2. The SMILES string of the molecule is O=C(O)c1cc(N=Nc2ccccc2)cc(Br)c1O. The zero-order valence-corrected chi connectivity index (χ0v) is 11.2. The van der Waals surface area contributed by atoms with Crippen molar-refractivity contribution in [3.63, 3.8) is 0 Å². The minimum atomic E-state index is -1.23. The van der Waals surface area contributed by atoms with E-state index in [1.165, 1.54) is 12.1 Å². The lowest BCUT2D eigenvalue weighted by molar-refractivity contribution is 0.0693. The molecule has 0 aliphatic carbocycles. The molecule has 2 N–H and O–H groups in total. The van der Waals surface area contributed by atoms with Crippen LogP contribution in [0.4, 0.5) is 11.4 Å². The highest BCUT2D eigenvalue weighted by Gasteiger charge is 2.14. The summed E-state index contributed by atoms with van der Waals surface area (Å²) < 4.78 is 0.259. The summed E-state index contributed by atoms with van der Waals surface area (Å²) in [5.41, 5.74) is 0.769. The first-order chi connectivity index (χ1) is 9.08. The van der Waals surface area contributed by atoms with Crippen LogP contribution in [-0.2, 0) is 0 Å². The molecule has 6 heteroatoms. The fourth-order valence-corrected chi connectivity index (χ4v) is 1.86. The summed E-state index contributed by atoms with van der Waals surface area (Å²) in [6.45, 7) is 0. The molecule has 0 aliphatic rings. The number of phenols is 1. The van der Waals surface area contributed by atoms with Gasteiger partial charge in [-0.1, -0.05) is 18.2 Å². The maximum atomic E-state index is 10.9. The molecule has 0 aromatic heterocycles. The van der Waals surface area contributed by atoms with Crippen LogP contribution in [0, 0.1) is 0 Å². The normalized spacial score (nSPS) is 10.8. The lowest BCUT2D eigenvalue weighted by atomic mass is 10.2. The topological polar surface area (TPSA) is 82.2 Å². The highest BCUT2D eigenvalue weighted by atomic mass is 79.9. The number of hydrogen-bond acceptors (Lipinski definition) is 4. The molecule has 0 heterocycles. The van der Waals surface area contributed by atoms with E-state index in [1.54, 1.807) is 12.1 Å². The number of hydrogen-bond donors (Lipinski definition) is 2. The number of aromatic hydroxyl groups is 1. The molecule has 0 amide bonds. The van der Waals surface area contributed by atoms with E-state index in [9.17, 15) is 9.90 Å². The molecule has 19 heavy (non-hydrogen) atoms. The summed E-state index contributed by atoms with van der Waals surface area (Å²) in [6.07, 6.45) is 0. The molecule has 0 saturated carbocycles. The van der Waals surface area contributed by atoms with Crippen molar-refractivity contribution < 1.29 is 15.0 Å². The highest BCUT2D eigenvalue weighted by molar-refractivity contribution is 9.10. The predicted octanol–water partition coefficient (Wildman–Crippen LogP) is 4.27. The number of halogens is 1. The summed E-state index contributed by atoms with van der Waals surface area (Å²) in [4.78, 5) is 10.9. The second-order valence-electron chi connectivity index (χ2n) is 3.66. The number of carboxylic acids is 1. The molecule has 0 unspecified atom stereocenters. The quantitative estimate of drug-likeness (QED) is 0.828. The van der Waals surface area contributed by atoms with Gasteiger partial charge in [0.1, 0.15) is 11.3 Å². The maximum absolute atomic E-state index is 10.9. The summed E-state index contributed by atoms with van der Waals surface area (Å²) in [7, 11) is 0. The number of rotatable bonds is 3. The molecule has 0 saturated heterocycles. The van der Waals surface area contributed by atoms with Gasteiger partial charge >= 0.3 is 5.97 Å². The zero-order valence-electron chi connectivity index (χ0n) is 9.62. The average Bonchev–Trinajstić information content (AvgIpc) is 2.41. The van der Waals surface area contributed by atoms with E-state index in [4.69, 9.17) is 5.11 Å². The van der Waals surface area contributed by atoms with Gasteiger partial charge in [-0.25, -0.2) is 4.79 Å². The van der Waals surface area contributed by atoms with Gasteiger partial charge in [0.25, 0.3) is 0 Å². The van der Waals surface area contributed by atoms with Crippen LogP contribution >= 0.6 is 15.9 Å². The molecule has 2 aromatic carbocycles. The van der Waals surface area contributed by atoms with Crippen molar-refractivity contribution in [2.24, 2.45) is 10.2 Å². The van der Waals surface area contributed by atoms with E-state index in [0.29, 0.717) is 11.4 Å². The molecular weight excluding hydrogens is 312 g/mol. The number of nitrogens with zero attached hydrogens (tertiary/aromatic N) is 2. The average molecular weight is 321 g/mol. The monoisotopic (exact) mass is 320 g/mol. The lowest BCUT2D eigenvalue weighted by Crippen LogP contribution is -1.96. The third-order valence-electron chi connectivity index (χ3n) is 2.32. The Morgan fingerprint density at radius 3 is 2.32 bits per heavy atom. The fraction of sp³-hybridized carbons (Fsp3) is 0. The van der Waals surface area contributed by atoms with Gasteiger partial charge in [-0.3, -0.25) is 0 Å². The number of aromatic carboxylic acids is 1. The Labute approximate surface area is 117 Å². The van der Waals surface area contributed by atoms with Crippen LogP contribution in [0.25, 0.3) is 0 Å². The van der Waals surface area contributed by atoms with Crippen molar-refractivity contribution in [2.75, 3.05) is 0 Å². The van der Waals surface area contributed by atoms with Crippen molar-refractivity contribution in [2.45, 2.75) is 0 Å². The van der Waals surface area contributed by atoms with Crippen LogP contribution in [-0.4, -0.2) is 16.2 Å². The molecule has 0 radical (unpaired) electrons. The fourth-order valence-electron chi connectivity index (χ4n) is 1.42. The minimum Gasteiger partial charge on any atom is -0.506 e. The molecule has 0 bridgehead atoms. The summed E-state index contributed by atoms with van der Waals surface area (Å²) in [6, 6.07) is 11.8. The number of carboxylic acid groups (broad SMARTS) is 1. The van der Waals surface area contributed by atoms with Crippen molar-refractivity contribution >= 4 is 33.3 Å². The second-order valence-corrected chi connectivity index (χ2v) is 4.52. The van der Waals surface area contributed by atoms with Gasteiger partial charge in [0, 0.05) is 0 Å². The maximum Gasteiger partial charge on any atom is 0.339 e. The molecule has 0 aliphatic heterocycles. The summed E-state index contributed by atoms with van der Waals surface area (Å²) >= 11 is 3.08. The molecule has 96 valence electrons. The summed E-state index contributed by atoms with van der Waals surface area (Å²) in [5, 5.41) is 26.4. The third-order valence-corrected chi connectivity index (χ3v) is 2.92. The van der Waals surface area contributed by atoms with Gasteiger partial charge in [0.05, 0.1) is 15.8 Å². The Hall–Kier alpha value is -2.21. The second kappa shape index (κ2) is 5.62. The van der Waals surface area contributed by atoms with E-state index in [2.05, 4.69) is 26.2 Å². The molecule has 0 atom stereocenters. The Kier molecular flexibility index (Phi) is 3.91. The highest BCUT2D eigenvalue weighted by Crippen LogP contribution is 2.33. The Morgan fingerprint density at radius 2 is 1.68 bits per heavy atom. The molecule has 0 spiro atoms. The number of carbonyl (C=O) groups is 1. The predicted molar refractivity (Wildman–Crippen MR) is 73.4 cm³/mol. The van der Waals surface area contributed by atoms with Crippen LogP contribution < -0.4 is 0 Å². The van der Waals surface area contributed by atoms with Crippen molar-refractivity contribution in [3.8, 4) is 5.75 Å². The van der Waals surface area contributed by atoms with E-state index in [0.717, 1.165) is 0 Å². The number of azo groups is 1. The first kappa shape index (κ1) is 13.2. The van der Waals surface area contributed by atoms with E-state index in [-0.39, 0.29) is 15.8 Å². The van der Waals surface area contributed by atoms with Gasteiger partial charge < -0.3 is 10.2 Å². The van der Waals surface area contributed by atoms with Gasteiger partial charge in [-0.2, -0.15) is 10.2 Å². The Bertz CT molecular complexity index is 642. The molecule has 2 aromatic rings. The first-order valence-corrected chi connectivity index (χ1v) is 6.10. The van der Waals surface area contributed by atoms with E-state index in [1.807, 2.05) is 18.2 Å². The minimum absolute atomic E-state index is 0.226. The van der Waals surface area contributed by atoms with E-state index < -0.39 is 5.97 Å². The van der Waals surface area contributed by atoms with E-state index >= 15 is 0 Å². The van der Waals surface area contributed by atoms with Crippen LogP contribution in [0.5, 0.6) is 5.75 Å². The molecule has 0 fully saturated rings. The summed E-state index contributed by atoms with van der Waals surface area (Å²) in [5.74, 6) is -1.55. The largest absolute Gasteiger partial charge is 0.506 e. The van der Waals surface area contributed by atoms with Crippen molar-refractivity contribution in [1.82, 2.24) is 0 Å². The lowest BCUT2D eigenvalue weighted by Gasteiger charge is -2.03. The van der Waals surface area contributed by atoms with Crippen molar-refractivity contribution in [1.29, 1.82) is 0 Å². The molecule has 2 rings (SSSR count). The first-order valence-electron chi connectivity index (χ1n) is 5.30. The van der Waals surface area contributed by atoms with Gasteiger partial charge in [0.2, 0.25) is 0 Å². The smallest absolute Gasteiger partial charge is 0.339 e. The molecular formula is C13H9BrN2O3. The standard InChI is InChI=1S/C13H9BrN2O3/c14-11-7-9(6-10(12(11)17)13(18)19)16-15-8-4-2-1-3-5-8/h1-7,17H,(H,18,19). The van der Waals surface area contributed by atoms with Crippen LogP contribution in [0.2, 0.25) is 0 Å². The van der Waals surface area contributed by atoms with Crippen LogP contribution in [0.3, 0.4) is 0 Å². The van der Waals surface area contributed by atoms with Gasteiger partial charge in [-0.15, -0.1) is 0 Å². The molecule has 5 nitrogen and oxygen atoms in total. The van der Waals surface area contributed by atoms with Crippen LogP contribution in [0.1, 0.15) is 10.4 Å². The Morgan fingerprint density at radius 1 is 1.05 bits per heavy atom. The van der Waals surface area contributed by atoms with Crippen molar-refractivity contribution in [3.05, 3.63) is 52.5 Å². The van der Waals surface area contributed by atoms with Crippen LogP contribution in [0.15, 0.2) is 57.2 Å².